The van der Waals surface area contributed by atoms with Crippen molar-refractivity contribution in [3.8, 4) is 11.5 Å². The van der Waals surface area contributed by atoms with Crippen molar-refractivity contribution >= 4 is 16.9 Å². The highest BCUT2D eigenvalue weighted by Gasteiger charge is 2.32. The van der Waals surface area contributed by atoms with E-state index in [9.17, 15) is 4.79 Å². The van der Waals surface area contributed by atoms with Gasteiger partial charge < -0.3 is 14.4 Å². The molecule has 7 nitrogen and oxygen atoms in total. The molecule has 1 unspecified atom stereocenters. The Morgan fingerprint density at radius 1 is 1.14 bits per heavy atom. The number of nitrogens with zero attached hydrogens (tertiary/aromatic N) is 4. The quantitative estimate of drug-likeness (QED) is 0.588. The van der Waals surface area contributed by atoms with Crippen molar-refractivity contribution in [1.29, 1.82) is 0 Å². The SMILES string of the molecule is Cc1noc(-c2ccc(C(=O)N3CCCC3c3nc4ccccc4[nH]3)cc2)n1. The van der Waals surface area contributed by atoms with Crippen LogP contribution in [0.5, 0.6) is 0 Å². The lowest BCUT2D eigenvalue weighted by atomic mass is 10.1. The number of H-pyrrole nitrogens is 1. The number of benzene rings is 2. The van der Waals surface area contributed by atoms with E-state index >= 15 is 0 Å². The fraction of sp³-hybridized carbons (Fsp3) is 0.238. The van der Waals surface area contributed by atoms with E-state index in [1.807, 2.05) is 53.4 Å². The number of imidazole rings is 1. The van der Waals surface area contributed by atoms with Crippen LogP contribution in [-0.4, -0.2) is 37.5 Å². The average Bonchev–Trinajstić information content (AvgIpc) is 3.46. The summed E-state index contributed by atoms with van der Waals surface area (Å²) in [6.45, 7) is 2.50. The van der Waals surface area contributed by atoms with E-state index in [1.165, 1.54) is 0 Å². The first kappa shape index (κ1) is 16.7. The number of nitrogens with one attached hydrogen (secondary N) is 1. The molecule has 1 amide bonds. The summed E-state index contributed by atoms with van der Waals surface area (Å²) in [6.07, 6.45) is 1.87. The van der Waals surface area contributed by atoms with E-state index in [4.69, 9.17) is 9.51 Å². The van der Waals surface area contributed by atoms with Crippen molar-refractivity contribution in [2.45, 2.75) is 25.8 Å². The molecule has 2 aromatic heterocycles. The number of likely N-dealkylation sites (tertiary alicyclic amines) is 1. The Balaban J connectivity index is 1.40. The van der Waals surface area contributed by atoms with Gasteiger partial charge in [-0.15, -0.1) is 0 Å². The molecule has 28 heavy (non-hydrogen) atoms. The molecule has 0 aliphatic carbocycles. The van der Waals surface area contributed by atoms with Gasteiger partial charge in [0.15, 0.2) is 5.82 Å². The molecule has 0 radical (unpaired) electrons. The van der Waals surface area contributed by atoms with Crippen LogP contribution in [0, 0.1) is 6.92 Å². The van der Waals surface area contributed by atoms with Crippen molar-refractivity contribution in [2.75, 3.05) is 6.54 Å². The molecule has 3 heterocycles. The summed E-state index contributed by atoms with van der Waals surface area (Å²) < 4.78 is 5.19. The maximum absolute atomic E-state index is 13.1. The molecule has 7 heteroatoms. The number of rotatable bonds is 3. The van der Waals surface area contributed by atoms with Crippen molar-refractivity contribution < 1.29 is 9.32 Å². The van der Waals surface area contributed by atoms with Gasteiger partial charge in [-0.05, 0) is 56.2 Å². The minimum atomic E-state index is -0.0295. The van der Waals surface area contributed by atoms with Crippen molar-refractivity contribution in [3.05, 3.63) is 65.7 Å². The standard InChI is InChI=1S/C21H19N5O2/c1-13-22-20(28-25-13)14-8-10-15(11-9-14)21(27)26-12-4-7-18(26)19-23-16-5-2-3-6-17(16)24-19/h2-3,5-6,8-11,18H,4,7,12H2,1H3,(H,23,24). The molecule has 1 N–H and O–H groups in total. The third-order valence-corrected chi connectivity index (χ3v) is 5.14. The minimum absolute atomic E-state index is 0.0104. The number of hydrogen-bond donors (Lipinski definition) is 1. The zero-order valence-electron chi connectivity index (χ0n) is 15.4. The molecule has 0 spiro atoms. The van der Waals surface area contributed by atoms with Gasteiger partial charge >= 0.3 is 0 Å². The van der Waals surface area contributed by atoms with Gasteiger partial charge in [0.2, 0.25) is 0 Å². The molecule has 1 saturated heterocycles. The highest BCUT2D eigenvalue weighted by Crippen LogP contribution is 2.33. The molecule has 1 aliphatic heterocycles. The lowest BCUT2D eigenvalue weighted by molar-refractivity contribution is 0.0730. The first-order valence-corrected chi connectivity index (χ1v) is 9.35. The summed E-state index contributed by atoms with van der Waals surface area (Å²) in [6, 6.07) is 15.2. The lowest BCUT2D eigenvalue weighted by Crippen LogP contribution is -2.31. The van der Waals surface area contributed by atoms with E-state index in [0.29, 0.717) is 17.3 Å². The highest BCUT2D eigenvalue weighted by atomic mass is 16.5. The number of para-hydroxylation sites is 2. The Kier molecular flexibility index (Phi) is 3.93. The number of carbonyl (C=O) groups is 1. The summed E-state index contributed by atoms with van der Waals surface area (Å²) in [4.78, 5) is 27.3. The zero-order valence-corrected chi connectivity index (χ0v) is 15.4. The molecule has 1 fully saturated rings. The van der Waals surface area contributed by atoms with Gasteiger partial charge in [-0.1, -0.05) is 17.3 Å². The topological polar surface area (TPSA) is 87.9 Å². The third kappa shape index (κ3) is 2.85. The first-order chi connectivity index (χ1) is 13.7. The summed E-state index contributed by atoms with van der Waals surface area (Å²) in [5, 5.41) is 3.80. The van der Waals surface area contributed by atoms with E-state index in [2.05, 4.69) is 15.1 Å². The number of aryl methyl sites for hydroxylation is 1. The number of carbonyl (C=O) groups excluding carboxylic acids is 1. The monoisotopic (exact) mass is 373 g/mol. The van der Waals surface area contributed by atoms with Crippen molar-refractivity contribution in [3.63, 3.8) is 0 Å². The van der Waals surface area contributed by atoms with Crippen LogP contribution in [0.1, 0.15) is 40.9 Å². The van der Waals surface area contributed by atoms with Crippen LogP contribution >= 0.6 is 0 Å². The van der Waals surface area contributed by atoms with E-state index in [-0.39, 0.29) is 11.9 Å². The van der Waals surface area contributed by atoms with Gasteiger partial charge in [-0.2, -0.15) is 4.98 Å². The van der Waals surface area contributed by atoms with Crippen LogP contribution < -0.4 is 0 Å². The van der Waals surface area contributed by atoms with Crippen LogP contribution in [0.4, 0.5) is 0 Å². The maximum Gasteiger partial charge on any atom is 0.257 e. The maximum atomic E-state index is 13.1. The van der Waals surface area contributed by atoms with Crippen LogP contribution in [0.2, 0.25) is 0 Å². The average molecular weight is 373 g/mol. The largest absolute Gasteiger partial charge is 0.340 e. The summed E-state index contributed by atoms with van der Waals surface area (Å²) >= 11 is 0. The molecular weight excluding hydrogens is 354 g/mol. The molecular formula is C21H19N5O2. The third-order valence-electron chi connectivity index (χ3n) is 5.14. The van der Waals surface area contributed by atoms with Gasteiger partial charge in [0.1, 0.15) is 5.82 Å². The van der Waals surface area contributed by atoms with Gasteiger partial charge in [0.05, 0.1) is 17.1 Å². The normalized spacial score (nSPS) is 16.8. The molecule has 140 valence electrons. The number of amides is 1. The Bertz CT molecular complexity index is 1110. The molecule has 0 bridgehead atoms. The Hall–Kier alpha value is -3.48. The highest BCUT2D eigenvalue weighted by molar-refractivity contribution is 5.95. The minimum Gasteiger partial charge on any atom is -0.340 e. The molecule has 1 atom stereocenters. The second-order valence-electron chi connectivity index (χ2n) is 7.02. The molecule has 2 aromatic carbocycles. The molecule has 4 aromatic rings. The number of hydrogen-bond acceptors (Lipinski definition) is 5. The van der Waals surface area contributed by atoms with Gasteiger partial charge in [0.25, 0.3) is 11.8 Å². The fourth-order valence-corrected chi connectivity index (χ4v) is 3.76. The van der Waals surface area contributed by atoms with E-state index in [0.717, 1.165) is 41.8 Å². The Morgan fingerprint density at radius 3 is 2.71 bits per heavy atom. The Labute approximate surface area is 161 Å². The van der Waals surface area contributed by atoms with Gasteiger partial charge in [0, 0.05) is 17.7 Å². The number of aromatic nitrogens is 4. The summed E-state index contributed by atoms with van der Waals surface area (Å²) in [5.41, 5.74) is 3.36. The van der Waals surface area contributed by atoms with Crippen LogP contribution in [0.25, 0.3) is 22.5 Å². The predicted octanol–water partition coefficient (Wildman–Crippen LogP) is 3.90. The zero-order chi connectivity index (χ0) is 19.1. The van der Waals surface area contributed by atoms with E-state index in [1.54, 1.807) is 6.92 Å². The second kappa shape index (κ2) is 6.60. The smallest absolute Gasteiger partial charge is 0.257 e. The first-order valence-electron chi connectivity index (χ1n) is 9.35. The predicted molar refractivity (Wildman–Crippen MR) is 104 cm³/mol. The van der Waals surface area contributed by atoms with Gasteiger partial charge in [-0.3, -0.25) is 4.79 Å². The Morgan fingerprint density at radius 2 is 1.96 bits per heavy atom. The van der Waals surface area contributed by atoms with Crippen LogP contribution in [0.15, 0.2) is 53.1 Å². The van der Waals surface area contributed by atoms with Crippen LogP contribution in [-0.2, 0) is 0 Å². The van der Waals surface area contributed by atoms with Crippen molar-refractivity contribution in [2.24, 2.45) is 0 Å². The van der Waals surface area contributed by atoms with Crippen LogP contribution in [0.3, 0.4) is 0 Å². The molecule has 0 saturated carbocycles. The molecule has 1 aliphatic rings. The summed E-state index contributed by atoms with van der Waals surface area (Å²) in [5.74, 6) is 1.90. The van der Waals surface area contributed by atoms with E-state index < -0.39 is 0 Å². The van der Waals surface area contributed by atoms with Crippen molar-refractivity contribution in [1.82, 2.24) is 25.0 Å². The number of fused-ring (bicyclic) bond motifs is 1. The fourth-order valence-electron chi connectivity index (χ4n) is 3.76. The number of aromatic amines is 1. The second-order valence-corrected chi connectivity index (χ2v) is 7.02. The van der Waals surface area contributed by atoms with Gasteiger partial charge in [-0.25, -0.2) is 4.98 Å². The summed E-state index contributed by atoms with van der Waals surface area (Å²) in [7, 11) is 0. The molecule has 5 rings (SSSR count). The lowest BCUT2D eigenvalue weighted by Gasteiger charge is -2.23.